The fraction of sp³-hybridized carbons (Fsp3) is 0.417. The average Bonchev–Trinajstić information content (AvgIpc) is 2.53. The van der Waals surface area contributed by atoms with Gasteiger partial charge in [0, 0.05) is 10.6 Å². The van der Waals surface area contributed by atoms with Crippen molar-refractivity contribution in [3.8, 4) is 6.07 Å². The highest BCUT2D eigenvalue weighted by molar-refractivity contribution is 7.91. The van der Waals surface area contributed by atoms with Crippen LogP contribution in [0.3, 0.4) is 0 Å². The van der Waals surface area contributed by atoms with Crippen LogP contribution >= 0.6 is 11.6 Å². The average molecular weight is 285 g/mol. The van der Waals surface area contributed by atoms with Crippen molar-refractivity contribution in [1.82, 2.24) is 0 Å². The van der Waals surface area contributed by atoms with E-state index >= 15 is 0 Å². The van der Waals surface area contributed by atoms with Crippen LogP contribution in [0.2, 0.25) is 5.02 Å². The number of halogens is 1. The molecule has 0 amide bonds. The minimum absolute atomic E-state index is 0.0807. The Balaban J connectivity index is 2.30. The molecular formula is C12H13ClN2O2S. The summed E-state index contributed by atoms with van der Waals surface area (Å²) in [5.74, 6) is 0.260. The van der Waals surface area contributed by atoms with Gasteiger partial charge in [0.25, 0.3) is 0 Å². The number of benzene rings is 1. The van der Waals surface area contributed by atoms with Crippen molar-refractivity contribution in [3.05, 3.63) is 28.8 Å². The zero-order valence-electron chi connectivity index (χ0n) is 9.90. The van der Waals surface area contributed by atoms with E-state index in [9.17, 15) is 8.42 Å². The molecule has 1 aliphatic heterocycles. The maximum absolute atomic E-state index is 11.5. The summed E-state index contributed by atoms with van der Waals surface area (Å²) in [6.45, 7) is 1.85. The fourth-order valence-electron chi connectivity index (χ4n) is 2.15. The van der Waals surface area contributed by atoms with Crippen molar-refractivity contribution in [1.29, 1.82) is 5.26 Å². The third-order valence-corrected chi connectivity index (χ3v) is 5.18. The van der Waals surface area contributed by atoms with Gasteiger partial charge in [0.2, 0.25) is 0 Å². The number of hydrogen-bond acceptors (Lipinski definition) is 4. The molecule has 1 fully saturated rings. The molecule has 1 aliphatic rings. The van der Waals surface area contributed by atoms with E-state index in [0.29, 0.717) is 22.7 Å². The van der Waals surface area contributed by atoms with E-state index in [1.165, 1.54) is 0 Å². The molecule has 1 saturated heterocycles. The summed E-state index contributed by atoms with van der Waals surface area (Å²) in [4.78, 5) is 0. The molecule has 0 bridgehead atoms. The number of sulfone groups is 1. The topological polar surface area (TPSA) is 70.0 Å². The predicted molar refractivity (Wildman–Crippen MR) is 71.5 cm³/mol. The molecule has 0 saturated carbocycles. The zero-order valence-corrected chi connectivity index (χ0v) is 11.5. The second kappa shape index (κ2) is 4.45. The Morgan fingerprint density at radius 3 is 2.78 bits per heavy atom. The van der Waals surface area contributed by atoms with E-state index in [1.54, 1.807) is 18.2 Å². The molecule has 0 spiro atoms. The normalized spacial score (nSPS) is 25.6. The van der Waals surface area contributed by atoms with Gasteiger partial charge in [-0.15, -0.1) is 0 Å². The van der Waals surface area contributed by atoms with E-state index in [1.807, 2.05) is 6.92 Å². The highest BCUT2D eigenvalue weighted by Crippen LogP contribution is 2.30. The lowest BCUT2D eigenvalue weighted by Crippen LogP contribution is -2.36. The highest BCUT2D eigenvalue weighted by atomic mass is 35.5. The van der Waals surface area contributed by atoms with Crippen LogP contribution < -0.4 is 5.32 Å². The molecule has 0 radical (unpaired) electrons. The molecule has 1 atom stereocenters. The van der Waals surface area contributed by atoms with Crippen molar-refractivity contribution in [2.45, 2.75) is 18.9 Å². The molecule has 0 aliphatic carbocycles. The summed E-state index contributed by atoms with van der Waals surface area (Å²) in [6, 6.07) is 6.97. The summed E-state index contributed by atoms with van der Waals surface area (Å²) in [5.41, 5.74) is 0.518. The van der Waals surface area contributed by atoms with Gasteiger partial charge in [-0.25, -0.2) is 8.42 Å². The van der Waals surface area contributed by atoms with Gasteiger partial charge in [0.15, 0.2) is 9.84 Å². The molecule has 1 aromatic carbocycles. The van der Waals surface area contributed by atoms with Crippen LogP contribution in [0.1, 0.15) is 18.9 Å². The van der Waals surface area contributed by atoms with Gasteiger partial charge in [-0.1, -0.05) is 11.6 Å². The highest BCUT2D eigenvalue weighted by Gasteiger charge is 2.38. The Kier molecular flexibility index (Phi) is 3.26. The maximum Gasteiger partial charge on any atom is 0.152 e. The van der Waals surface area contributed by atoms with Crippen LogP contribution in [0, 0.1) is 11.3 Å². The standard InChI is InChI=1S/C12H13ClN2O2S/c1-12(4-5-18(16,17)8-12)15-11-6-10(13)3-2-9(11)7-14/h2-3,6,15H,4-5,8H2,1H3. The third-order valence-electron chi connectivity index (χ3n) is 3.04. The predicted octanol–water partition coefficient (Wildman–Crippen LogP) is 2.20. The fourth-order valence-corrected chi connectivity index (χ4v) is 4.42. The van der Waals surface area contributed by atoms with Crippen LogP contribution in [0.15, 0.2) is 18.2 Å². The minimum Gasteiger partial charge on any atom is -0.378 e. The second-order valence-corrected chi connectivity index (χ2v) is 7.45. The lowest BCUT2D eigenvalue weighted by atomic mass is 10.0. The quantitative estimate of drug-likeness (QED) is 0.904. The summed E-state index contributed by atoms with van der Waals surface area (Å²) in [6.07, 6.45) is 0.534. The summed E-state index contributed by atoms with van der Waals surface area (Å²) >= 11 is 5.89. The zero-order chi connectivity index (χ0) is 13.4. The van der Waals surface area contributed by atoms with Gasteiger partial charge in [0.1, 0.15) is 6.07 Å². The molecule has 6 heteroatoms. The molecule has 18 heavy (non-hydrogen) atoms. The first kappa shape index (κ1) is 13.2. The van der Waals surface area contributed by atoms with Gasteiger partial charge in [-0.05, 0) is 31.5 Å². The first-order valence-electron chi connectivity index (χ1n) is 5.52. The Labute approximate surface area is 111 Å². The lowest BCUT2D eigenvalue weighted by molar-refractivity contribution is 0.574. The van der Waals surface area contributed by atoms with Crippen molar-refractivity contribution in [2.24, 2.45) is 0 Å². The molecule has 0 aromatic heterocycles. The van der Waals surface area contributed by atoms with Gasteiger partial charge in [-0.3, -0.25) is 0 Å². The molecule has 1 heterocycles. The van der Waals surface area contributed by atoms with Crippen LogP contribution in [0.25, 0.3) is 0 Å². The largest absolute Gasteiger partial charge is 0.378 e. The Morgan fingerprint density at radius 2 is 2.22 bits per heavy atom. The van der Waals surface area contributed by atoms with Gasteiger partial charge in [-0.2, -0.15) is 5.26 Å². The van der Waals surface area contributed by atoms with E-state index < -0.39 is 15.4 Å². The first-order valence-corrected chi connectivity index (χ1v) is 7.72. The van der Waals surface area contributed by atoms with E-state index in [4.69, 9.17) is 16.9 Å². The van der Waals surface area contributed by atoms with Crippen molar-refractivity contribution < 1.29 is 8.42 Å². The van der Waals surface area contributed by atoms with E-state index in [-0.39, 0.29) is 11.5 Å². The van der Waals surface area contributed by atoms with Crippen molar-refractivity contribution >= 4 is 27.1 Å². The smallest absolute Gasteiger partial charge is 0.152 e. The molecular weight excluding hydrogens is 272 g/mol. The number of nitrogens with one attached hydrogen (secondary N) is 1. The molecule has 1 unspecified atom stereocenters. The molecule has 1 aromatic rings. The summed E-state index contributed by atoms with van der Waals surface area (Å²) in [5, 5.41) is 12.7. The number of hydrogen-bond donors (Lipinski definition) is 1. The van der Waals surface area contributed by atoms with E-state index in [0.717, 1.165) is 0 Å². The Morgan fingerprint density at radius 1 is 1.50 bits per heavy atom. The monoisotopic (exact) mass is 284 g/mol. The number of anilines is 1. The SMILES string of the molecule is CC1(Nc2cc(Cl)ccc2C#N)CCS(=O)(=O)C1. The van der Waals surface area contributed by atoms with Crippen LogP contribution in [0.4, 0.5) is 5.69 Å². The summed E-state index contributed by atoms with van der Waals surface area (Å²) < 4.78 is 23.1. The first-order chi connectivity index (χ1) is 8.34. The molecule has 4 nitrogen and oxygen atoms in total. The number of nitrogens with zero attached hydrogens (tertiary/aromatic N) is 1. The van der Waals surface area contributed by atoms with Crippen LogP contribution in [-0.4, -0.2) is 25.5 Å². The van der Waals surface area contributed by atoms with Crippen molar-refractivity contribution in [3.63, 3.8) is 0 Å². The second-order valence-electron chi connectivity index (χ2n) is 4.83. The van der Waals surface area contributed by atoms with Crippen LogP contribution in [0.5, 0.6) is 0 Å². The van der Waals surface area contributed by atoms with Crippen LogP contribution in [-0.2, 0) is 9.84 Å². The molecule has 96 valence electrons. The van der Waals surface area contributed by atoms with Gasteiger partial charge < -0.3 is 5.32 Å². The number of rotatable bonds is 2. The van der Waals surface area contributed by atoms with E-state index in [2.05, 4.69) is 11.4 Å². The Bertz CT molecular complexity index is 621. The minimum atomic E-state index is -2.98. The molecule has 2 rings (SSSR count). The van der Waals surface area contributed by atoms with Crippen molar-refractivity contribution in [2.75, 3.05) is 16.8 Å². The maximum atomic E-state index is 11.5. The molecule has 1 N–H and O–H groups in total. The lowest BCUT2D eigenvalue weighted by Gasteiger charge is -2.26. The van der Waals surface area contributed by atoms with Gasteiger partial charge >= 0.3 is 0 Å². The summed E-state index contributed by atoms with van der Waals surface area (Å²) in [7, 11) is -2.98. The third kappa shape index (κ3) is 2.77. The number of nitriles is 1. The van der Waals surface area contributed by atoms with Gasteiger partial charge in [0.05, 0.1) is 22.8 Å². The Hall–Kier alpha value is -1.25.